The van der Waals surface area contributed by atoms with Gasteiger partial charge >= 0.3 is 0 Å². The van der Waals surface area contributed by atoms with Crippen LogP contribution in [0, 0.1) is 10.1 Å². The molecule has 0 radical (unpaired) electrons. The SMILES string of the molecule is COc1ccccc1-c1cc(-c2ccc([N+](=O)[O-])cc2)nn1-c1ccc(Cl)cc1. The van der Waals surface area contributed by atoms with Crippen LogP contribution in [0.15, 0.2) is 78.9 Å². The van der Waals surface area contributed by atoms with E-state index in [2.05, 4.69) is 0 Å². The maximum absolute atomic E-state index is 10.9. The highest BCUT2D eigenvalue weighted by Crippen LogP contribution is 2.34. The van der Waals surface area contributed by atoms with Crippen molar-refractivity contribution >= 4 is 17.3 Å². The Kier molecular flexibility index (Phi) is 5.01. The van der Waals surface area contributed by atoms with Gasteiger partial charge in [0.05, 0.1) is 29.1 Å². The van der Waals surface area contributed by atoms with E-state index in [9.17, 15) is 10.1 Å². The number of rotatable bonds is 5. The number of aromatic nitrogens is 2. The molecule has 0 amide bonds. The van der Waals surface area contributed by atoms with Crippen LogP contribution in [0.25, 0.3) is 28.2 Å². The first kappa shape index (κ1) is 18.7. The number of halogens is 1. The Balaban J connectivity index is 1.89. The van der Waals surface area contributed by atoms with Crippen LogP contribution in [0.2, 0.25) is 5.02 Å². The highest BCUT2D eigenvalue weighted by molar-refractivity contribution is 6.30. The minimum absolute atomic E-state index is 0.0378. The molecule has 4 rings (SSSR count). The molecule has 29 heavy (non-hydrogen) atoms. The molecule has 4 aromatic rings. The summed E-state index contributed by atoms with van der Waals surface area (Å²) in [5, 5.41) is 16.3. The molecule has 0 saturated carbocycles. The monoisotopic (exact) mass is 405 g/mol. The van der Waals surface area contributed by atoms with Crippen LogP contribution in [0.1, 0.15) is 0 Å². The van der Waals surface area contributed by atoms with Gasteiger partial charge in [0.15, 0.2) is 0 Å². The van der Waals surface area contributed by atoms with Crippen molar-refractivity contribution in [2.75, 3.05) is 7.11 Å². The molecule has 0 aliphatic heterocycles. The third-order valence-electron chi connectivity index (χ3n) is 4.54. The van der Waals surface area contributed by atoms with Crippen LogP contribution in [-0.2, 0) is 0 Å². The fraction of sp³-hybridized carbons (Fsp3) is 0.0455. The van der Waals surface area contributed by atoms with E-state index < -0.39 is 4.92 Å². The van der Waals surface area contributed by atoms with E-state index >= 15 is 0 Å². The highest BCUT2D eigenvalue weighted by atomic mass is 35.5. The number of ether oxygens (including phenoxy) is 1. The summed E-state index contributed by atoms with van der Waals surface area (Å²) in [5.41, 5.74) is 4.05. The van der Waals surface area contributed by atoms with Crippen LogP contribution in [0.3, 0.4) is 0 Å². The zero-order chi connectivity index (χ0) is 20.4. The number of para-hydroxylation sites is 1. The molecule has 1 heterocycles. The van der Waals surface area contributed by atoms with Crippen LogP contribution in [-0.4, -0.2) is 21.8 Å². The zero-order valence-corrected chi connectivity index (χ0v) is 16.2. The second kappa shape index (κ2) is 7.77. The van der Waals surface area contributed by atoms with E-state index in [0.717, 1.165) is 28.3 Å². The van der Waals surface area contributed by atoms with Gasteiger partial charge in [-0.1, -0.05) is 23.7 Å². The largest absolute Gasteiger partial charge is 0.496 e. The second-order valence-corrected chi connectivity index (χ2v) is 6.74. The summed E-state index contributed by atoms with van der Waals surface area (Å²) >= 11 is 6.04. The highest BCUT2D eigenvalue weighted by Gasteiger charge is 2.17. The van der Waals surface area contributed by atoms with Crippen molar-refractivity contribution in [1.82, 2.24) is 9.78 Å². The lowest BCUT2D eigenvalue weighted by atomic mass is 10.1. The van der Waals surface area contributed by atoms with Crippen molar-refractivity contribution in [3.8, 4) is 34.0 Å². The average molecular weight is 406 g/mol. The van der Waals surface area contributed by atoms with E-state index in [1.165, 1.54) is 12.1 Å². The molecule has 0 fully saturated rings. The van der Waals surface area contributed by atoms with Crippen molar-refractivity contribution in [3.05, 3.63) is 94.0 Å². The van der Waals surface area contributed by atoms with E-state index in [4.69, 9.17) is 21.4 Å². The van der Waals surface area contributed by atoms with Gasteiger partial charge in [-0.25, -0.2) is 4.68 Å². The topological polar surface area (TPSA) is 70.2 Å². The molecule has 6 nitrogen and oxygen atoms in total. The molecule has 0 unspecified atom stereocenters. The van der Waals surface area contributed by atoms with Gasteiger partial charge < -0.3 is 4.74 Å². The van der Waals surface area contributed by atoms with Crippen molar-refractivity contribution in [2.24, 2.45) is 0 Å². The molecule has 0 aliphatic rings. The average Bonchev–Trinajstić information content (AvgIpc) is 3.19. The van der Waals surface area contributed by atoms with Crippen LogP contribution >= 0.6 is 11.6 Å². The number of benzene rings is 3. The molecule has 0 bridgehead atoms. The van der Waals surface area contributed by atoms with Crippen molar-refractivity contribution in [1.29, 1.82) is 0 Å². The van der Waals surface area contributed by atoms with Gasteiger partial charge in [-0.3, -0.25) is 10.1 Å². The van der Waals surface area contributed by atoms with E-state index in [-0.39, 0.29) is 5.69 Å². The Hall–Kier alpha value is -3.64. The molecule has 3 aromatic carbocycles. The molecular formula is C22H16ClN3O3. The minimum Gasteiger partial charge on any atom is -0.496 e. The number of nitro groups is 1. The maximum atomic E-state index is 10.9. The smallest absolute Gasteiger partial charge is 0.269 e. The predicted molar refractivity (Wildman–Crippen MR) is 113 cm³/mol. The van der Waals surface area contributed by atoms with E-state index in [1.54, 1.807) is 31.4 Å². The molecule has 0 N–H and O–H groups in total. The quantitative estimate of drug-likeness (QED) is 0.312. The Morgan fingerprint density at radius 1 is 1.00 bits per heavy atom. The van der Waals surface area contributed by atoms with Crippen LogP contribution < -0.4 is 4.74 Å². The second-order valence-electron chi connectivity index (χ2n) is 6.31. The lowest BCUT2D eigenvalue weighted by Crippen LogP contribution is -2.00. The van der Waals surface area contributed by atoms with Crippen molar-refractivity contribution < 1.29 is 9.66 Å². The predicted octanol–water partition coefficient (Wildman–Crippen LogP) is 5.78. The number of hydrogen-bond acceptors (Lipinski definition) is 4. The number of methoxy groups -OCH3 is 1. The maximum Gasteiger partial charge on any atom is 0.269 e. The van der Waals surface area contributed by atoms with Gasteiger partial charge in [0, 0.05) is 28.3 Å². The molecule has 0 spiro atoms. The summed E-state index contributed by atoms with van der Waals surface area (Å²) < 4.78 is 7.34. The zero-order valence-electron chi connectivity index (χ0n) is 15.4. The summed E-state index contributed by atoms with van der Waals surface area (Å²) in [6.07, 6.45) is 0. The van der Waals surface area contributed by atoms with Gasteiger partial charge in [0.25, 0.3) is 5.69 Å². The van der Waals surface area contributed by atoms with Crippen LogP contribution in [0.4, 0.5) is 5.69 Å². The fourth-order valence-electron chi connectivity index (χ4n) is 3.10. The van der Waals surface area contributed by atoms with Gasteiger partial charge in [-0.05, 0) is 54.6 Å². The van der Waals surface area contributed by atoms with Gasteiger partial charge in [0.2, 0.25) is 0 Å². The molecule has 0 saturated heterocycles. The molecule has 7 heteroatoms. The summed E-state index contributed by atoms with van der Waals surface area (Å²) in [5.74, 6) is 0.720. The summed E-state index contributed by atoms with van der Waals surface area (Å²) in [7, 11) is 1.62. The number of nitrogens with zero attached hydrogens (tertiary/aromatic N) is 3. The normalized spacial score (nSPS) is 10.7. The lowest BCUT2D eigenvalue weighted by Gasteiger charge is -2.11. The standard InChI is InChI=1S/C22H16ClN3O3/c1-29-22-5-3-2-4-19(22)21-14-20(15-6-10-18(11-7-15)26(27)28)24-25(21)17-12-8-16(23)9-13-17/h2-14H,1H3. The summed E-state index contributed by atoms with van der Waals surface area (Å²) in [6, 6.07) is 23.3. The lowest BCUT2D eigenvalue weighted by molar-refractivity contribution is -0.384. The number of nitro benzene ring substituents is 1. The van der Waals surface area contributed by atoms with Crippen molar-refractivity contribution in [3.63, 3.8) is 0 Å². The summed E-state index contributed by atoms with van der Waals surface area (Å²) in [6.45, 7) is 0. The third kappa shape index (κ3) is 3.70. The first-order chi connectivity index (χ1) is 14.1. The first-order valence-electron chi connectivity index (χ1n) is 8.81. The van der Waals surface area contributed by atoms with E-state index in [1.807, 2.05) is 47.1 Å². The Bertz CT molecular complexity index is 1170. The van der Waals surface area contributed by atoms with Gasteiger partial charge in [-0.15, -0.1) is 0 Å². The first-order valence-corrected chi connectivity index (χ1v) is 9.19. The Morgan fingerprint density at radius 2 is 1.69 bits per heavy atom. The molecule has 0 aliphatic carbocycles. The molecular weight excluding hydrogens is 390 g/mol. The molecule has 144 valence electrons. The fourth-order valence-corrected chi connectivity index (χ4v) is 3.23. The van der Waals surface area contributed by atoms with Gasteiger partial charge in [0.1, 0.15) is 5.75 Å². The van der Waals surface area contributed by atoms with Crippen molar-refractivity contribution in [2.45, 2.75) is 0 Å². The number of non-ortho nitro benzene ring substituents is 1. The molecule has 1 aromatic heterocycles. The summed E-state index contributed by atoms with van der Waals surface area (Å²) in [4.78, 5) is 10.5. The number of hydrogen-bond donors (Lipinski definition) is 0. The Labute approximate surface area is 172 Å². The minimum atomic E-state index is -0.420. The van der Waals surface area contributed by atoms with E-state index in [0.29, 0.717) is 10.7 Å². The molecule has 0 atom stereocenters. The van der Waals surface area contributed by atoms with Gasteiger partial charge in [-0.2, -0.15) is 5.10 Å². The third-order valence-corrected chi connectivity index (χ3v) is 4.79. The Morgan fingerprint density at radius 3 is 2.34 bits per heavy atom. The van der Waals surface area contributed by atoms with Crippen LogP contribution in [0.5, 0.6) is 5.75 Å².